The van der Waals surface area contributed by atoms with Gasteiger partial charge in [0.25, 0.3) is 0 Å². The van der Waals surface area contributed by atoms with Crippen LogP contribution in [0.4, 0.5) is 52.7 Å². The number of hydrogen-bond acceptors (Lipinski definition) is 14. The molecular weight excluding hydrogens is 961 g/mol. The molecule has 0 fully saturated rings. The summed E-state index contributed by atoms with van der Waals surface area (Å²) in [5, 5.41) is -27.5. The molecule has 0 aliphatic rings. The third-order valence-electron chi connectivity index (χ3n) is 6.94. The van der Waals surface area contributed by atoms with Crippen molar-refractivity contribution in [3.05, 3.63) is 84.5 Å². The lowest BCUT2D eigenvalue weighted by molar-refractivity contribution is -0.247. The third-order valence-corrected chi connectivity index (χ3v) is 11.3. The van der Waals surface area contributed by atoms with E-state index in [1.165, 1.54) is 0 Å². The largest absolute Gasteiger partial charge is 0.450 e. The molecule has 0 unspecified atom stereocenters. The Kier molecular flexibility index (Phi) is 15.8. The molecular formula is C29H22F12O16S4. The number of alkyl halides is 12. The number of rotatable bonds is 20. The molecule has 0 amide bonds. The fourth-order valence-corrected chi connectivity index (χ4v) is 6.52. The molecule has 32 heteroatoms. The Balaban J connectivity index is 0.000000610. The molecule has 0 aromatic heterocycles. The lowest BCUT2D eigenvalue weighted by atomic mass is 10.0. The maximum atomic E-state index is 13.8. The van der Waals surface area contributed by atoms with E-state index in [0.29, 0.717) is 18.2 Å². The summed E-state index contributed by atoms with van der Waals surface area (Å²) >= 11 is 0. The van der Waals surface area contributed by atoms with Crippen molar-refractivity contribution in [1.29, 1.82) is 0 Å². The van der Waals surface area contributed by atoms with Gasteiger partial charge in [0.2, 0.25) is 0 Å². The summed E-state index contributed by atoms with van der Waals surface area (Å²) < 4.78 is 272. The molecule has 2 rings (SSSR count). The lowest BCUT2D eigenvalue weighted by Gasteiger charge is -2.29. The summed E-state index contributed by atoms with van der Waals surface area (Å²) in [4.78, 5) is 45.8. The van der Waals surface area contributed by atoms with Crippen LogP contribution in [0, 0.1) is 6.92 Å². The molecule has 0 spiro atoms. The highest BCUT2D eigenvalue weighted by Crippen LogP contribution is 2.52. The number of carbonyl (C=O) groups is 4. The maximum absolute atomic E-state index is 13.8. The van der Waals surface area contributed by atoms with E-state index in [4.69, 9.17) is 9.11 Å². The molecule has 0 bridgehead atoms. The number of halogens is 12. The zero-order chi connectivity index (χ0) is 48.4. The fourth-order valence-electron chi connectivity index (χ4n) is 3.60. The van der Waals surface area contributed by atoms with Gasteiger partial charge in [0.05, 0.1) is 12.8 Å². The van der Waals surface area contributed by atoms with Crippen molar-refractivity contribution in [1.82, 2.24) is 0 Å². The third kappa shape index (κ3) is 10.8. The number of Topliss-reactive ketones (excluding diaryl/α,β-unsaturated/α-hetero) is 2. The van der Waals surface area contributed by atoms with Crippen molar-refractivity contribution in [3.63, 3.8) is 0 Å². The molecule has 0 atom stereocenters. The first-order valence-electron chi connectivity index (χ1n) is 14.7. The summed E-state index contributed by atoms with van der Waals surface area (Å²) in [5.74, 6) is -19.6. The lowest BCUT2D eigenvalue weighted by Crippen LogP contribution is -2.61. The van der Waals surface area contributed by atoms with Crippen LogP contribution in [0.2, 0.25) is 0 Å². The molecule has 16 nitrogen and oxygen atoms in total. The van der Waals surface area contributed by atoms with Gasteiger partial charge in [-0.05, 0) is 67.1 Å². The highest BCUT2D eigenvalue weighted by atomic mass is 32.2. The predicted octanol–water partition coefficient (Wildman–Crippen LogP) is 5.17. The number of allylic oxidation sites excluding steroid dienone is 2. The molecule has 0 heterocycles. The molecule has 2 N–H and O–H groups in total. The van der Waals surface area contributed by atoms with Gasteiger partial charge >= 0.3 is 73.3 Å². The molecule has 0 aliphatic carbocycles. The van der Waals surface area contributed by atoms with Crippen LogP contribution in [-0.2, 0) is 50.1 Å². The first kappa shape index (κ1) is 54.1. The van der Waals surface area contributed by atoms with Gasteiger partial charge in [-0.1, -0.05) is 13.2 Å². The number of aryl methyl sites for hydroxylation is 1. The van der Waals surface area contributed by atoms with Crippen LogP contribution in [-0.4, -0.2) is 98.8 Å². The predicted molar refractivity (Wildman–Crippen MR) is 178 cm³/mol. The Bertz CT molecular complexity index is 2540. The van der Waals surface area contributed by atoms with E-state index in [0.717, 1.165) is 43.3 Å². The van der Waals surface area contributed by atoms with Gasteiger partial charge in [0.15, 0.2) is 23.1 Å². The van der Waals surface area contributed by atoms with Gasteiger partial charge < -0.3 is 8.37 Å². The van der Waals surface area contributed by atoms with E-state index in [-0.39, 0.29) is 11.1 Å². The SMILES string of the molecule is C=CC(=O)CC(=O)c1ccc(OS(=O)(=O)C(F)(F)C(F)(F)C(F)(F)S(=O)(=O)O)c(C)c1.C=CC(=O)CC(=O)c1ccc(OS(=O)(=O)C(F)(F)C(F)(F)C(F)(F)S(=O)(=O)O)cc1. The van der Waals surface area contributed by atoms with Crippen molar-refractivity contribution in [2.24, 2.45) is 0 Å². The first-order chi connectivity index (χ1) is 27.0. The Morgan fingerprint density at radius 1 is 0.557 bits per heavy atom. The summed E-state index contributed by atoms with van der Waals surface area (Å²) in [5.41, 5.74) is -0.932. The van der Waals surface area contributed by atoms with Crippen LogP contribution in [0.1, 0.15) is 39.1 Å². The minimum absolute atomic E-state index is 0.243. The minimum Gasteiger partial charge on any atom is -0.378 e. The molecule has 0 radical (unpaired) electrons. The molecule has 2 aromatic carbocycles. The van der Waals surface area contributed by atoms with Gasteiger partial charge in [0.1, 0.15) is 11.5 Å². The van der Waals surface area contributed by atoms with E-state index >= 15 is 0 Å². The molecule has 0 saturated heterocycles. The van der Waals surface area contributed by atoms with E-state index in [2.05, 4.69) is 21.5 Å². The topological polar surface area (TPSA) is 264 Å². The highest BCUT2D eigenvalue weighted by Gasteiger charge is 2.84. The van der Waals surface area contributed by atoms with Crippen LogP contribution < -0.4 is 8.37 Å². The van der Waals surface area contributed by atoms with Crippen molar-refractivity contribution in [2.75, 3.05) is 0 Å². The summed E-state index contributed by atoms with van der Waals surface area (Å²) in [6.45, 7) is 7.19. The average Bonchev–Trinajstić information content (AvgIpc) is 3.11. The van der Waals surface area contributed by atoms with E-state index in [9.17, 15) is 106 Å². The summed E-state index contributed by atoms with van der Waals surface area (Å²) in [6.07, 6.45) is 0.347. The zero-order valence-electron chi connectivity index (χ0n) is 29.3. The zero-order valence-corrected chi connectivity index (χ0v) is 32.6. The van der Waals surface area contributed by atoms with Crippen LogP contribution in [0.3, 0.4) is 0 Å². The van der Waals surface area contributed by atoms with Gasteiger partial charge in [-0.2, -0.15) is 86.4 Å². The Morgan fingerprint density at radius 3 is 1.21 bits per heavy atom. The summed E-state index contributed by atoms with van der Waals surface area (Å²) in [6, 6.07) is 4.61. The number of benzene rings is 2. The van der Waals surface area contributed by atoms with Crippen molar-refractivity contribution >= 4 is 63.6 Å². The highest BCUT2D eigenvalue weighted by molar-refractivity contribution is 7.89. The minimum atomic E-state index is -7.17. The van der Waals surface area contributed by atoms with Crippen LogP contribution in [0.5, 0.6) is 11.5 Å². The smallest absolute Gasteiger partial charge is 0.378 e. The standard InChI is InChI=1S/C15H12F6O8S2.C14H10F6O8S2/c1-3-10(22)7-11(23)9-4-5-12(8(2)6-9)29-31(27,28)15(20,21)13(16,17)14(18,19)30(24,25)26;1-2-9(21)7-11(22)8-3-5-10(6-4-8)28-30(26,27)14(19,20)12(15,16)13(17,18)29(23,24)25/h3-6H,1,7H2,2H3,(H,24,25,26);2-6H,1,7H2,(H,23,24,25). The maximum Gasteiger partial charge on any atom is 0.450 e. The normalized spacial score (nSPS) is 13.6. The van der Waals surface area contributed by atoms with Crippen LogP contribution >= 0.6 is 0 Å². The average molecular weight is 983 g/mol. The van der Waals surface area contributed by atoms with Crippen LogP contribution in [0.25, 0.3) is 0 Å². The molecule has 342 valence electrons. The second-order valence-corrected chi connectivity index (χ2v) is 17.4. The van der Waals surface area contributed by atoms with Crippen molar-refractivity contribution in [2.45, 2.75) is 52.6 Å². The fraction of sp³-hybridized carbons (Fsp3) is 0.310. The number of ketones is 4. The molecule has 2 aromatic rings. The Labute approximate surface area is 334 Å². The second-order valence-electron chi connectivity index (χ2n) is 11.3. The van der Waals surface area contributed by atoms with E-state index in [1.54, 1.807) is 0 Å². The van der Waals surface area contributed by atoms with Crippen molar-refractivity contribution in [3.8, 4) is 11.5 Å². The quantitative estimate of drug-likeness (QED) is 0.0433. The van der Waals surface area contributed by atoms with E-state index in [1.807, 2.05) is 0 Å². The number of carbonyl (C=O) groups excluding carboxylic acids is 4. The van der Waals surface area contributed by atoms with Gasteiger partial charge in [-0.15, -0.1) is 0 Å². The molecule has 0 saturated carbocycles. The van der Waals surface area contributed by atoms with Gasteiger partial charge in [-0.3, -0.25) is 28.3 Å². The van der Waals surface area contributed by atoms with Gasteiger partial charge in [0, 0.05) is 11.1 Å². The van der Waals surface area contributed by atoms with Crippen LogP contribution in [0.15, 0.2) is 67.8 Å². The Hall–Kier alpha value is -4.92. The first-order valence-corrected chi connectivity index (χ1v) is 20.4. The van der Waals surface area contributed by atoms with E-state index < -0.39 is 126 Å². The molecule has 61 heavy (non-hydrogen) atoms. The van der Waals surface area contributed by atoms with Gasteiger partial charge in [-0.25, -0.2) is 0 Å². The van der Waals surface area contributed by atoms with Crippen molar-refractivity contribution < 1.29 is 123 Å². The number of hydrogen-bond donors (Lipinski definition) is 2. The monoisotopic (exact) mass is 982 g/mol. The Morgan fingerprint density at radius 2 is 0.885 bits per heavy atom. The molecule has 0 aliphatic heterocycles. The summed E-state index contributed by atoms with van der Waals surface area (Å²) in [7, 11) is -28.3. The second kappa shape index (κ2) is 17.8.